The molecule has 0 radical (unpaired) electrons. The first-order valence-corrected chi connectivity index (χ1v) is 1.74. The summed E-state index contributed by atoms with van der Waals surface area (Å²) < 4.78 is 11.3. The zero-order chi connectivity index (χ0) is 5.86. The minimum atomic E-state index is -1.72. The van der Waals surface area contributed by atoms with E-state index in [-0.39, 0.29) is 0 Å². The van der Waals surface area contributed by atoms with E-state index in [0.29, 0.717) is 0 Å². The number of carbonyl (C=O) groups is 1. The van der Waals surface area contributed by atoms with Crippen LogP contribution in [0, 0.1) is 0 Å². The fourth-order valence-corrected chi connectivity index (χ4v) is 0.167. The van der Waals surface area contributed by atoms with Crippen LogP contribution in [-0.2, 0) is 4.79 Å². The molecule has 0 fully saturated rings. The molecule has 0 aliphatic rings. The quantitative estimate of drug-likeness (QED) is 0.477. The smallest absolute Gasteiger partial charge is 0.307 e. The molecular formula is C3H6FNO2. The number of halogens is 1. The van der Waals surface area contributed by atoms with Crippen LogP contribution in [0.2, 0.25) is 0 Å². The third-order valence-corrected chi connectivity index (χ3v) is 0.370. The monoisotopic (exact) mass is 107 g/mol. The summed E-state index contributed by atoms with van der Waals surface area (Å²) in [4.78, 5) is 9.49. The molecule has 0 spiro atoms. The van der Waals surface area contributed by atoms with Gasteiger partial charge in [-0.3, -0.25) is 4.79 Å². The lowest BCUT2D eigenvalue weighted by molar-refractivity contribution is -0.138. The van der Waals surface area contributed by atoms with Gasteiger partial charge < -0.3 is 10.8 Å². The van der Waals surface area contributed by atoms with E-state index in [0.717, 1.165) is 0 Å². The van der Waals surface area contributed by atoms with Crippen LogP contribution in [0.25, 0.3) is 0 Å². The Hall–Kier alpha value is -0.640. The van der Waals surface area contributed by atoms with Crippen molar-refractivity contribution in [3.05, 3.63) is 0 Å². The highest BCUT2D eigenvalue weighted by Crippen LogP contribution is 1.85. The van der Waals surface area contributed by atoms with Crippen molar-refractivity contribution in [1.29, 1.82) is 0 Å². The number of aliphatic carboxylic acids is 1. The van der Waals surface area contributed by atoms with E-state index in [1.807, 2.05) is 0 Å². The van der Waals surface area contributed by atoms with Gasteiger partial charge in [-0.05, 0) is 0 Å². The van der Waals surface area contributed by atoms with E-state index in [1.165, 1.54) is 0 Å². The van der Waals surface area contributed by atoms with E-state index >= 15 is 0 Å². The van der Waals surface area contributed by atoms with Crippen molar-refractivity contribution in [2.24, 2.45) is 5.73 Å². The third-order valence-electron chi connectivity index (χ3n) is 0.370. The number of nitrogens with two attached hydrogens (primary N) is 1. The standard InChI is InChI=1S/C3H6FNO2/c4-2(5)1-3(6)7/h2H,1,5H2,(H,6,7)/t2-/m1/s1. The minimum Gasteiger partial charge on any atom is -0.481 e. The van der Waals surface area contributed by atoms with Crippen molar-refractivity contribution in [3.8, 4) is 0 Å². The van der Waals surface area contributed by atoms with Gasteiger partial charge in [0, 0.05) is 0 Å². The van der Waals surface area contributed by atoms with Crippen LogP contribution in [0.5, 0.6) is 0 Å². The third kappa shape index (κ3) is 5.36. The van der Waals surface area contributed by atoms with Gasteiger partial charge in [-0.25, -0.2) is 4.39 Å². The van der Waals surface area contributed by atoms with Gasteiger partial charge in [0.1, 0.15) is 0 Å². The molecule has 0 rings (SSSR count). The number of hydrogen-bond donors (Lipinski definition) is 2. The second-order valence-corrected chi connectivity index (χ2v) is 1.11. The molecule has 0 aliphatic heterocycles. The molecule has 0 amide bonds. The van der Waals surface area contributed by atoms with Crippen molar-refractivity contribution >= 4 is 5.97 Å². The van der Waals surface area contributed by atoms with Gasteiger partial charge in [-0.2, -0.15) is 0 Å². The Morgan fingerprint density at radius 2 is 2.43 bits per heavy atom. The summed E-state index contributed by atoms with van der Waals surface area (Å²) in [6, 6.07) is 0. The van der Waals surface area contributed by atoms with Gasteiger partial charge in [0.25, 0.3) is 0 Å². The second-order valence-electron chi connectivity index (χ2n) is 1.11. The van der Waals surface area contributed by atoms with Crippen molar-refractivity contribution in [1.82, 2.24) is 0 Å². The van der Waals surface area contributed by atoms with E-state index in [1.54, 1.807) is 0 Å². The van der Waals surface area contributed by atoms with Crippen LogP contribution >= 0.6 is 0 Å². The van der Waals surface area contributed by atoms with Gasteiger partial charge in [0.2, 0.25) is 0 Å². The summed E-state index contributed by atoms with van der Waals surface area (Å²) >= 11 is 0. The predicted molar refractivity (Wildman–Crippen MR) is 21.3 cm³/mol. The van der Waals surface area contributed by atoms with Gasteiger partial charge in [0.15, 0.2) is 6.30 Å². The van der Waals surface area contributed by atoms with Gasteiger partial charge in [-0.15, -0.1) is 0 Å². The van der Waals surface area contributed by atoms with Crippen molar-refractivity contribution in [2.75, 3.05) is 0 Å². The van der Waals surface area contributed by atoms with Crippen LogP contribution in [0.3, 0.4) is 0 Å². The zero-order valence-electron chi connectivity index (χ0n) is 3.60. The fraction of sp³-hybridized carbons (Fsp3) is 0.667. The first-order valence-electron chi connectivity index (χ1n) is 1.74. The zero-order valence-corrected chi connectivity index (χ0v) is 3.60. The topological polar surface area (TPSA) is 63.3 Å². The van der Waals surface area contributed by atoms with E-state index < -0.39 is 18.7 Å². The van der Waals surface area contributed by atoms with Gasteiger partial charge in [-0.1, -0.05) is 0 Å². The molecule has 42 valence electrons. The van der Waals surface area contributed by atoms with Crippen molar-refractivity contribution in [3.63, 3.8) is 0 Å². The van der Waals surface area contributed by atoms with Crippen molar-refractivity contribution < 1.29 is 14.3 Å². The lowest BCUT2D eigenvalue weighted by Gasteiger charge is -1.91. The summed E-state index contributed by atoms with van der Waals surface area (Å²) in [6.45, 7) is 0. The Morgan fingerprint density at radius 1 is 2.00 bits per heavy atom. The summed E-state index contributed by atoms with van der Waals surface area (Å²) in [5.41, 5.74) is 4.45. The molecule has 0 saturated carbocycles. The summed E-state index contributed by atoms with van der Waals surface area (Å²) in [7, 11) is 0. The molecule has 0 bridgehead atoms. The van der Waals surface area contributed by atoms with Crippen LogP contribution < -0.4 is 5.73 Å². The Kier molecular flexibility index (Phi) is 2.29. The molecule has 4 heteroatoms. The van der Waals surface area contributed by atoms with Crippen LogP contribution in [0.4, 0.5) is 4.39 Å². The lowest BCUT2D eigenvalue weighted by Crippen LogP contribution is -2.17. The van der Waals surface area contributed by atoms with E-state index in [4.69, 9.17) is 5.11 Å². The molecule has 0 aliphatic carbocycles. The second kappa shape index (κ2) is 2.52. The average Bonchev–Trinajstić information content (AvgIpc) is 1.27. The Labute approximate surface area is 39.9 Å². The molecule has 0 aromatic carbocycles. The molecular weight excluding hydrogens is 101 g/mol. The Morgan fingerprint density at radius 3 is 2.43 bits per heavy atom. The summed E-state index contributed by atoms with van der Waals surface area (Å²) in [6.07, 6.45) is -2.34. The molecule has 7 heavy (non-hydrogen) atoms. The number of hydrogen-bond acceptors (Lipinski definition) is 2. The number of carboxylic acid groups (broad SMARTS) is 1. The first kappa shape index (κ1) is 6.36. The van der Waals surface area contributed by atoms with Crippen molar-refractivity contribution in [2.45, 2.75) is 12.7 Å². The molecule has 3 nitrogen and oxygen atoms in total. The number of rotatable bonds is 2. The normalized spacial score (nSPS) is 13.4. The molecule has 0 aromatic heterocycles. The maximum atomic E-state index is 11.3. The van der Waals surface area contributed by atoms with Gasteiger partial charge >= 0.3 is 5.97 Å². The number of alkyl halides is 1. The van der Waals surface area contributed by atoms with Crippen LogP contribution in [0.1, 0.15) is 6.42 Å². The molecule has 0 saturated heterocycles. The largest absolute Gasteiger partial charge is 0.481 e. The Bertz CT molecular complexity index is 73.3. The van der Waals surface area contributed by atoms with Gasteiger partial charge in [0.05, 0.1) is 6.42 Å². The maximum absolute atomic E-state index is 11.3. The Balaban J connectivity index is 3.13. The number of carboxylic acids is 1. The average molecular weight is 107 g/mol. The van der Waals surface area contributed by atoms with Crippen LogP contribution in [-0.4, -0.2) is 17.4 Å². The predicted octanol–water partition coefficient (Wildman–Crippen LogP) is -0.285. The molecule has 3 N–H and O–H groups in total. The summed E-state index contributed by atoms with van der Waals surface area (Å²) in [5, 5.41) is 7.76. The minimum absolute atomic E-state index is 0.611. The van der Waals surface area contributed by atoms with E-state index in [2.05, 4.69) is 5.73 Å². The SMILES string of the molecule is N[C@@H](F)CC(=O)O. The molecule has 0 heterocycles. The highest BCUT2D eigenvalue weighted by molar-refractivity contribution is 5.67. The summed E-state index contributed by atoms with van der Waals surface area (Å²) in [5.74, 6) is -1.21. The highest BCUT2D eigenvalue weighted by atomic mass is 19.1. The highest BCUT2D eigenvalue weighted by Gasteiger charge is 2.02. The maximum Gasteiger partial charge on any atom is 0.307 e. The van der Waals surface area contributed by atoms with Crippen LogP contribution in [0.15, 0.2) is 0 Å². The molecule has 1 atom stereocenters. The first-order chi connectivity index (χ1) is 3.13. The fourth-order valence-electron chi connectivity index (χ4n) is 0.167. The molecule has 0 aromatic rings. The molecule has 0 unspecified atom stereocenters. The van der Waals surface area contributed by atoms with E-state index in [9.17, 15) is 9.18 Å². The lowest BCUT2D eigenvalue weighted by atomic mass is 10.4.